The Labute approximate surface area is 124 Å². The summed E-state index contributed by atoms with van der Waals surface area (Å²) in [7, 11) is -2.88. The molecular formula is C16H28O3Si. The second-order valence-corrected chi connectivity index (χ2v) is 8.32. The van der Waals surface area contributed by atoms with Crippen molar-refractivity contribution < 1.29 is 13.3 Å². The van der Waals surface area contributed by atoms with Gasteiger partial charge in [-0.1, -0.05) is 29.8 Å². The van der Waals surface area contributed by atoms with Crippen LogP contribution in [0.15, 0.2) is 24.3 Å². The number of benzene rings is 1. The van der Waals surface area contributed by atoms with Gasteiger partial charge in [-0.2, -0.15) is 0 Å². The third kappa shape index (κ3) is 5.02. The molecule has 0 aliphatic rings. The van der Waals surface area contributed by atoms with Crippen LogP contribution >= 0.6 is 0 Å². The summed E-state index contributed by atoms with van der Waals surface area (Å²) in [5, 5.41) is 1.03. The maximum atomic E-state index is 6.18. The highest BCUT2D eigenvalue weighted by atomic mass is 28.4. The molecule has 0 N–H and O–H groups in total. The minimum Gasteiger partial charge on any atom is -0.367 e. The Morgan fingerprint density at radius 3 is 1.35 bits per heavy atom. The summed E-state index contributed by atoms with van der Waals surface area (Å²) in [4.78, 5) is 0. The van der Waals surface area contributed by atoms with Crippen LogP contribution in [0.3, 0.4) is 0 Å². The van der Waals surface area contributed by atoms with Crippen molar-refractivity contribution in [3.05, 3.63) is 29.8 Å². The largest absolute Gasteiger partial charge is 0.537 e. The fourth-order valence-electron chi connectivity index (χ4n) is 1.98. The Morgan fingerprint density at radius 1 is 0.700 bits per heavy atom. The first kappa shape index (κ1) is 17.4. The maximum Gasteiger partial charge on any atom is 0.537 e. The second kappa shape index (κ2) is 7.36. The lowest BCUT2D eigenvalue weighted by atomic mass is 10.2. The van der Waals surface area contributed by atoms with E-state index in [4.69, 9.17) is 13.3 Å². The average molecular weight is 296 g/mol. The van der Waals surface area contributed by atoms with E-state index in [1.165, 1.54) is 5.56 Å². The SMILES string of the molecule is Cc1ccc([Si](OC(C)C)(OC(C)C)OC(C)C)cc1. The lowest BCUT2D eigenvalue weighted by molar-refractivity contribution is 0.0153. The molecule has 0 amide bonds. The molecule has 0 spiro atoms. The second-order valence-electron chi connectivity index (χ2n) is 5.92. The van der Waals surface area contributed by atoms with Gasteiger partial charge in [-0.25, -0.2) is 0 Å². The van der Waals surface area contributed by atoms with Crippen LogP contribution in [0.25, 0.3) is 0 Å². The van der Waals surface area contributed by atoms with Crippen molar-refractivity contribution in [1.29, 1.82) is 0 Å². The molecule has 0 aliphatic heterocycles. The molecule has 1 aromatic rings. The normalized spacial score (nSPS) is 12.7. The van der Waals surface area contributed by atoms with Gasteiger partial charge in [0.05, 0.1) is 0 Å². The van der Waals surface area contributed by atoms with Gasteiger partial charge in [0.15, 0.2) is 0 Å². The van der Waals surface area contributed by atoms with Gasteiger partial charge in [0.25, 0.3) is 0 Å². The van der Waals surface area contributed by atoms with Crippen LogP contribution < -0.4 is 5.19 Å². The van der Waals surface area contributed by atoms with Gasteiger partial charge in [-0.3, -0.25) is 0 Å². The van der Waals surface area contributed by atoms with Gasteiger partial charge < -0.3 is 13.3 Å². The van der Waals surface area contributed by atoms with Crippen LogP contribution in [0.4, 0.5) is 0 Å². The van der Waals surface area contributed by atoms with E-state index in [1.807, 2.05) is 41.5 Å². The number of aryl methyl sites for hydroxylation is 1. The molecule has 1 aromatic carbocycles. The Bertz CT molecular complexity index is 372. The highest BCUT2D eigenvalue weighted by Crippen LogP contribution is 2.18. The van der Waals surface area contributed by atoms with Crippen molar-refractivity contribution in [2.75, 3.05) is 0 Å². The van der Waals surface area contributed by atoms with Crippen LogP contribution in [0.1, 0.15) is 47.1 Å². The van der Waals surface area contributed by atoms with E-state index >= 15 is 0 Å². The van der Waals surface area contributed by atoms with Crippen molar-refractivity contribution in [2.45, 2.75) is 66.8 Å². The third-order valence-electron chi connectivity index (χ3n) is 2.58. The fourth-order valence-corrected chi connectivity index (χ4v) is 4.99. The third-order valence-corrected chi connectivity index (χ3v) is 5.96. The first-order chi connectivity index (χ1) is 9.25. The molecule has 4 heteroatoms. The van der Waals surface area contributed by atoms with Gasteiger partial charge >= 0.3 is 8.80 Å². The van der Waals surface area contributed by atoms with E-state index < -0.39 is 8.80 Å². The molecule has 0 radical (unpaired) electrons. The van der Waals surface area contributed by atoms with Crippen molar-refractivity contribution >= 4 is 14.0 Å². The zero-order valence-electron chi connectivity index (χ0n) is 13.8. The monoisotopic (exact) mass is 296 g/mol. The van der Waals surface area contributed by atoms with Crippen LogP contribution in [0, 0.1) is 6.92 Å². The van der Waals surface area contributed by atoms with Crippen LogP contribution in [0.2, 0.25) is 0 Å². The molecule has 0 unspecified atom stereocenters. The highest BCUT2D eigenvalue weighted by Gasteiger charge is 2.46. The molecule has 0 aliphatic carbocycles. The topological polar surface area (TPSA) is 27.7 Å². The lowest BCUT2D eigenvalue weighted by Gasteiger charge is -2.34. The van der Waals surface area contributed by atoms with E-state index in [1.54, 1.807) is 0 Å². The fraction of sp³-hybridized carbons (Fsp3) is 0.625. The molecule has 114 valence electrons. The summed E-state index contributed by atoms with van der Waals surface area (Å²) in [6.45, 7) is 14.2. The Hall–Kier alpha value is -0.683. The molecule has 0 fully saturated rings. The zero-order valence-corrected chi connectivity index (χ0v) is 14.8. The van der Waals surface area contributed by atoms with Gasteiger partial charge in [-0.05, 0) is 48.5 Å². The molecule has 0 saturated heterocycles. The van der Waals surface area contributed by atoms with E-state index in [2.05, 4.69) is 31.2 Å². The molecule has 0 bridgehead atoms. The van der Waals surface area contributed by atoms with E-state index in [-0.39, 0.29) is 18.3 Å². The van der Waals surface area contributed by atoms with Gasteiger partial charge in [-0.15, -0.1) is 0 Å². The summed E-state index contributed by atoms with van der Waals surface area (Å²) < 4.78 is 18.5. The standard InChI is InChI=1S/C16H28O3Si/c1-12(2)17-20(18-13(3)4,19-14(5)6)16-10-8-15(7)9-11-16/h8-14H,1-7H3. The summed E-state index contributed by atoms with van der Waals surface area (Å²) in [6.07, 6.45) is 0.168. The molecule has 3 nitrogen and oxygen atoms in total. The molecule has 20 heavy (non-hydrogen) atoms. The summed E-state index contributed by atoms with van der Waals surface area (Å²) >= 11 is 0. The predicted molar refractivity (Wildman–Crippen MR) is 85.2 cm³/mol. The highest BCUT2D eigenvalue weighted by molar-refractivity contribution is 6.75. The summed E-state index contributed by atoms with van der Waals surface area (Å²) in [5.41, 5.74) is 1.22. The maximum absolute atomic E-state index is 6.18. The Morgan fingerprint density at radius 2 is 1.05 bits per heavy atom. The van der Waals surface area contributed by atoms with E-state index in [0.717, 1.165) is 5.19 Å². The Balaban J connectivity index is 3.22. The molecule has 0 saturated carbocycles. The molecule has 0 aromatic heterocycles. The molecule has 1 rings (SSSR count). The van der Waals surface area contributed by atoms with Crippen molar-refractivity contribution in [1.82, 2.24) is 0 Å². The molecule has 0 atom stereocenters. The van der Waals surface area contributed by atoms with Crippen LogP contribution in [-0.4, -0.2) is 27.1 Å². The van der Waals surface area contributed by atoms with Crippen LogP contribution in [-0.2, 0) is 13.3 Å². The number of rotatable bonds is 7. The first-order valence-electron chi connectivity index (χ1n) is 7.35. The minimum absolute atomic E-state index is 0.0560. The van der Waals surface area contributed by atoms with E-state index in [9.17, 15) is 0 Å². The smallest absolute Gasteiger partial charge is 0.367 e. The first-order valence-corrected chi connectivity index (χ1v) is 9.08. The van der Waals surface area contributed by atoms with Crippen molar-refractivity contribution in [2.24, 2.45) is 0 Å². The molecular weight excluding hydrogens is 268 g/mol. The number of hydrogen-bond donors (Lipinski definition) is 0. The van der Waals surface area contributed by atoms with Crippen molar-refractivity contribution in [3.8, 4) is 0 Å². The van der Waals surface area contributed by atoms with Gasteiger partial charge in [0, 0.05) is 23.5 Å². The average Bonchev–Trinajstić information content (AvgIpc) is 2.26. The molecule has 0 heterocycles. The lowest BCUT2D eigenvalue weighted by Crippen LogP contribution is -2.60. The summed E-state index contributed by atoms with van der Waals surface area (Å²) in [5.74, 6) is 0. The van der Waals surface area contributed by atoms with Gasteiger partial charge in [0.1, 0.15) is 0 Å². The predicted octanol–water partition coefficient (Wildman–Crippen LogP) is 3.42. The van der Waals surface area contributed by atoms with Crippen LogP contribution in [0.5, 0.6) is 0 Å². The zero-order chi connectivity index (χ0) is 15.3. The Kier molecular flexibility index (Phi) is 6.39. The van der Waals surface area contributed by atoms with E-state index in [0.29, 0.717) is 0 Å². The summed E-state index contributed by atoms with van der Waals surface area (Å²) in [6, 6.07) is 8.28. The van der Waals surface area contributed by atoms with Gasteiger partial charge in [0.2, 0.25) is 0 Å². The quantitative estimate of drug-likeness (QED) is 0.722. The van der Waals surface area contributed by atoms with Crippen molar-refractivity contribution in [3.63, 3.8) is 0 Å². The number of hydrogen-bond acceptors (Lipinski definition) is 3. The minimum atomic E-state index is -2.88.